The highest BCUT2D eigenvalue weighted by molar-refractivity contribution is 7.89. The van der Waals surface area contributed by atoms with Gasteiger partial charge in [-0.05, 0) is 42.4 Å². The summed E-state index contributed by atoms with van der Waals surface area (Å²) in [5, 5.41) is -0.384. The van der Waals surface area contributed by atoms with Gasteiger partial charge in [0, 0.05) is 13.1 Å². The number of hydrogen-bond donors (Lipinski definition) is 0. The van der Waals surface area contributed by atoms with Gasteiger partial charge in [-0.15, -0.1) is 0 Å². The minimum atomic E-state index is -4.55. The van der Waals surface area contributed by atoms with Crippen molar-refractivity contribution < 1.29 is 21.6 Å². The summed E-state index contributed by atoms with van der Waals surface area (Å²) in [6, 6.07) is 2.39. The van der Waals surface area contributed by atoms with Gasteiger partial charge in [0.2, 0.25) is 10.0 Å². The highest BCUT2D eigenvalue weighted by Crippen LogP contribution is 2.44. The quantitative estimate of drug-likeness (QED) is 0.791. The monoisotopic (exact) mass is 367 g/mol. The molecule has 0 spiro atoms. The summed E-state index contributed by atoms with van der Waals surface area (Å²) < 4.78 is 64.8. The first kappa shape index (κ1) is 17.0. The van der Waals surface area contributed by atoms with E-state index < -0.39 is 21.8 Å². The molecule has 1 aromatic rings. The number of fused-ring (bicyclic) bond motifs is 1. The molecule has 3 nitrogen and oxygen atoms in total. The van der Waals surface area contributed by atoms with Crippen LogP contribution in [0.2, 0.25) is 5.02 Å². The summed E-state index contributed by atoms with van der Waals surface area (Å²) in [6.45, 7) is 2.96. The second-order valence-corrected chi connectivity index (χ2v) is 8.76. The standard InChI is InChI=1S/C15H17ClF3NO2S/c1-9-2-3-10-7-20(8-12(9)10)23(21,22)14-5-4-11(6-13(14)16)15(17,18)19/h4-6,9-10,12H,2-3,7-8H2,1H3/t9-,10+,12+/m0/s1. The van der Waals surface area contributed by atoms with Crippen LogP contribution in [0.3, 0.4) is 0 Å². The molecule has 0 amide bonds. The van der Waals surface area contributed by atoms with Crippen molar-refractivity contribution in [2.24, 2.45) is 17.8 Å². The van der Waals surface area contributed by atoms with Crippen LogP contribution in [0.5, 0.6) is 0 Å². The normalized spacial score (nSPS) is 29.0. The molecule has 128 valence electrons. The highest BCUT2D eigenvalue weighted by atomic mass is 35.5. The fourth-order valence-corrected chi connectivity index (χ4v) is 5.77. The first-order chi connectivity index (χ1) is 10.6. The zero-order chi connectivity index (χ0) is 17.0. The minimum Gasteiger partial charge on any atom is -0.207 e. The van der Waals surface area contributed by atoms with Crippen LogP contribution in [0, 0.1) is 17.8 Å². The van der Waals surface area contributed by atoms with E-state index in [-0.39, 0.29) is 9.92 Å². The summed E-state index contributed by atoms with van der Waals surface area (Å²) in [6.07, 6.45) is -2.45. The van der Waals surface area contributed by atoms with Gasteiger partial charge in [-0.1, -0.05) is 24.9 Å². The Balaban J connectivity index is 1.89. The second-order valence-electron chi connectivity index (χ2n) is 6.44. The van der Waals surface area contributed by atoms with Gasteiger partial charge >= 0.3 is 6.18 Å². The van der Waals surface area contributed by atoms with Crippen molar-refractivity contribution in [1.82, 2.24) is 4.31 Å². The first-order valence-corrected chi connectivity index (χ1v) is 9.29. The summed E-state index contributed by atoms with van der Waals surface area (Å²) in [5.41, 5.74) is -0.951. The molecule has 3 rings (SSSR count). The van der Waals surface area contributed by atoms with Crippen LogP contribution in [0.25, 0.3) is 0 Å². The molecular formula is C15H17ClF3NO2S. The van der Waals surface area contributed by atoms with Crippen molar-refractivity contribution in [2.75, 3.05) is 13.1 Å². The Morgan fingerprint density at radius 2 is 1.91 bits per heavy atom. The van der Waals surface area contributed by atoms with Crippen LogP contribution in [0.1, 0.15) is 25.3 Å². The molecule has 8 heteroatoms. The lowest BCUT2D eigenvalue weighted by atomic mass is 9.94. The van der Waals surface area contributed by atoms with Crippen molar-refractivity contribution >= 4 is 21.6 Å². The van der Waals surface area contributed by atoms with E-state index in [0.29, 0.717) is 36.9 Å². The average Bonchev–Trinajstić information content (AvgIpc) is 3.00. The number of rotatable bonds is 2. The maximum Gasteiger partial charge on any atom is 0.416 e. The number of alkyl halides is 3. The molecule has 23 heavy (non-hydrogen) atoms. The third kappa shape index (κ3) is 2.98. The predicted molar refractivity (Wildman–Crippen MR) is 80.6 cm³/mol. The van der Waals surface area contributed by atoms with E-state index in [1.54, 1.807) is 0 Å². The lowest BCUT2D eigenvalue weighted by molar-refractivity contribution is -0.137. The predicted octanol–water partition coefficient (Wildman–Crippen LogP) is 4.03. The number of sulfonamides is 1. The van der Waals surface area contributed by atoms with E-state index in [1.165, 1.54) is 4.31 Å². The molecular weight excluding hydrogens is 351 g/mol. The van der Waals surface area contributed by atoms with Gasteiger partial charge < -0.3 is 0 Å². The SMILES string of the molecule is C[C@H]1CC[C@@H]2CN(S(=O)(=O)c3ccc(C(F)(F)F)cc3Cl)C[C@@H]21. The van der Waals surface area contributed by atoms with Crippen molar-refractivity contribution in [1.29, 1.82) is 0 Å². The Kier molecular flexibility index (Phi) is 4.18. The smallest absolute Gasteiger partial charge is 0.207 e. The Hall–Kier alpha value is -0.790. The molecule has 0 N–H and O–H groups in total. The number of hydrogen-bond acceptors (Lipinski definition) is 2. The average molecular weight is 368 g/mol. The fourth-order valence-electron chi connectivity index (χ4n) is 3.72. The lowest BCUT2D eigenvalue weighted by Crippen LogP contribution is -2.30. The van der Waals surface area contributed by atoms with Crippen LogP contribution in [0.4, 0.5) is 13.2 Å². The number of benzene rings is 1. The molecule has 0 aromatic heterocycles. The van der Waals surface area contributed by atoms with E-state index in [0.717, 1.165) is 25.0 Å². The van der Waals surface area contributed by atoms with Crippen LogP contribution in [-0.4, -0.2) is 25.8 Å². The van der Waals surface area contributed by atoms with Gasteiger partial charge in [0.15, 0.2) is 0 Å². The summed E-state index contributed by atoms with van der Waals surface area (Å²) in [4.78, 5) is -0.250. The van der Waals surface area contributed by atoms with Crippen LogP contribution >= 0.6 is 11.6 Å². The van der Waals surface area contributed by atoms with Crippen LogP contribution in [0.15, 0.2) is 23.1 Å². The number of nitrogens with zero attached hydrogens (tertiary/aromatic N) is 1. The molecule has 0 unspecified atom stereocenters. The van der Waals surface area contributed by atoms with Crippen molar-refractivity contribution in [3.63, 3.8) is 0 Å². The fraction of sp³-hybridized carbons (Fsp3) is 0.600. The molecule has 1 saturated carbocycles. The third-order valence-electron chi connectivity index (χ3n) is 5.06. The Bertz CT molecular complexity index is 720. The maximum atomic E-state index is 12.7. The van der Waals surface area contributed by atoms with Crippen LogP contribution in [-0.2, 0) is 16.2 Å². The molecule has 2 aliphatic rings. The van der Waals surface area contributed by atoms with Gasteiger partial charge in [0.05, 0.1) is 10.6 Å². The number of halogens is 4. The molecule has 1 aliphatic carbocycles. The minimum absolute atomic E-state index is 0.250. The van der Waals surface area contributed by atoms with Gasteiger partial charge in [0.25, 0.3) is 0 Å². The van der Waals surface area contributed by atoms with Gasteiger partial charge in [-0.2, -0.15) is 17.5 Å². The topological polar surface area (TPSA) is 37.4 Å². The highest BCUT2D eigenvalue weighted by Gasteiger charge is 2.45. The molecule has 1 aliphatic heterocycles. The third-order valence-corrected chi connectivity index (χ3v) is 7.37. The van der Waals surface area contributed by atoms with E-state index in [9.17, 15) is 21.6 Å². The van der Waals surface area contributed by atoms with Gasteiger partial charge in [-0.25, -0.2) is 8.42 Å². The maximum absolute atomic E-state index is 12.7. The zero-order valence-electron chi connectivity index (χ0n) is 12.5. The van der Waals surface area contributed by atoms with Gasteiger partial charge in [-0.3, -0.25) is 0 Å². The van der Waals surface area contributed by atoms with Crippen molar-refractivity contribution in [3.8, 4) is 0 Å². The van der Waals surface area contributed by atoms with Crippen molar-refractivity contribution in [2.45, 2.75) is 30.8 Å². The van der Waals surface area contributed by atoms with Gasteiger partial charge in [0.1, 0.15) is 4.90 Å². The Morgan fingerprint density at radius 3 is 2.48 bits per heavy atom. The molecule has 1 saturated heterocycles. The molecule has 1 aromatic carbocycles. The van der Waals surface area contributed by atoms with E-state index in [4.69, 9.17) is 11.6 Å². The Labute approximate surface area is 138 Å². The molecule has 0 radical (unpaired) electrons. The first-order valence-electron chi connectivity index (χ1n) is 7.47. The summed E-state index contributed by atoms with van der Waals surface area (Å²) >= 11 is 5.84. The molecule has 0 bridgehead atoms. The summed E-state index contributed by atoms with van der Waals surface area (Å²) in [7, 11) is -3.86. The largest absolute Gasteiger partial charge is 0.416 e. The van der Waals surface area contributed by atoms with E-state index in [2.05, 4.69) is 6.92 Å². The van der Waals surface area contributed by atoms with Crippen LogP contribution < -0.4 is 0 Å². The second kappa shape index (κ2) is 5.63. The van der Waals surface area contributed by atoms with Crippen molar-refractivity contribution in [3.05, 3.63) is 28.8 Å². The Morgan fingerprint density at radius 1 is 1.22 bits per heavy atom. The molecule has 1 heterocycles. The summed E-state index contributed by atoms with van der Waals surface area (Å²) in [5.74, 6) is 1.15. The molecule has 2 fully saturated rings. The van der Waals surface area contributed by atoms with E-state index in [1.807, 2.05) is 0 Å². The zero-order valence-corrected chi connectivity index (χ0v) is 14.0. The molecule has 3 atom stereocenters. The lowest BCUT2D eigenvalue weighted by Gasteiger charge is -2.20. The van der Waals surface area contributed by atoms with E-state index >= 15 is 0 Å².